The van der Waals surface area contributed by atoms with Crippen molar-refractivity contribution < 1.29 is 23.4 Å². The second-order valence-electron chi connectivity index (χ2n) is 5.55. The number of rotatable bonds is 10. The largest absolute Gasteiger partial charge is 0.495 e. The van der Waals surface area contributed by atoms with Gasteiger partial charge in [0.25, 0.3) is 0 Å². The zero-order valence-corrected chi connectivity index (χ0v) is 15.9. The highest BCUT2D eigenvalue weighted by molar-refractivity contribution is 6.30. The number of methoxy groups -OCH3 is 2. The van der Waals surface area contributed by atoms with E-state index in [0.717, 1.165) is 0 Å². The molecular weight excluding hydrogens is 375 g/mol. The molecule has 0 radical (unpaired) electrons. The fourth-order valence-electron chi connectivity index (χ4n) is 2.30. The predicted octanol–water partition coefficient (Wildman–Crippen LogP) is 3.95. The number of nitrogens with one attached hydrogen (secondary N) is 2. The highest BCUT2D eigenvalue weighted by atomic mass is 35.5. The van der Waals surface area contributed by atoms with Crippen LogP contribution in [-0.2, 0) is 9.53 Å². The molecule has 0 aliphatic carbocycles. The Kier molecular flexibility index (Phi) is 8.16. The van der Waals surface area contributed by atoms with E-state index in [-0.39, 0.29) is 18.0 Å². The van der Waals surface area contributed by atoms with Gasteiger partial charge in [0.1, 0.15) is 23.9 Å². The van der Waals surface area contributed by atoms with Crippen molar-refractivity contribution >= 4 is 28.9 Å². The molecule has 27 heavy (non-hydrogen) atoms. The number of carbonyl (C=O) groups excluding carboxylic acids is 1. The van der Waals surface area contributed by atoms with Crippen molar-refractivity contribution in [2.45, 2.75) is 6.42 Å². The molecule has 0 unspecified atom stereocenters. The van der Waals surface area contributed by atoms with Gasteiger partial charge in [0.2, 0.25) is 5.91 Å². The van der Waals surface area contributed by atoms with Crippen molar-refractivity contribution in [1.29, 1.82) is 0 Å². The van der Waals surface area contributed by atoms with Crippen LogP contribution in [0.15, 0.2) is 36.4 Å². The van der Waals surface area contributed by atoms with E-state index in [1.165, 1.54) is 18.2 Å². The monoisotopic (exact) mass is 396 g/mol. The van der Waals surface area contributed by atoms with Gasteiger partial charge in [-0.25, -0.2) is 4.39 Å². The molecule has 146 valence electrons. The van der Waals surface area contributed by atoms with Gasteiger partial charge in [0.15, 0.2) is 0 Å². The zero-order valence-electron chi connectivity index (χ0n) is 15.2. The van der Waals surface area contributed by atoms with E-state index >= 15 is 0 Å². The Labute approximate surface area is 162 Å². The van der Waals surface area contributed by atoms with Crippen LogP contribution < -0.4 is 20.1 Å². The second-order valence-corrected chi connectivity index (χ2v) is 5.99. The molecule has 0 saturated heterocycles. The summed E-state index contributed by atoms with van der Waals surface area (Å²) in [6, 6.07) is 9.12. The van der Waals surface area contributed by atoms with E-state index in [9.17, 15) is 9.18 Å². The van der Waals surface area contributed by atoms with Crippen molar-refractivity contribution in [3.05, 3.63) is 47.2 Å². The Morgan fingerprint density at radius 1 is 1.07 bits per heavy atom. The molecule has 0 aliphatic rings. The molecule has 0 heterocycles. The van der Waals surface area contributed by atoms with Crippen LogP contribution in [0.1, 0.15) is 6.42 Å². The Hall–Kier alpha value is -2.51. The molecule has 0 aromatic heterocycles. The minimum atomic E-state index is -0.466. The van der Waals surface area contributed by atoms with Gasteiger partial charge in [-0.3, -0.25) is 4.79 Å². The van der Waals surface area contributed by atoms with Gasteiger partial charge in [-0.15, -0.1) is 0 Å². The lowest BCUT2D eigenvalue weighted by molar-refractivity contribution is -0.116. The van der Waals surface area contributed by atoms with Crippen LogP contribution in [0, 0.1) is 5.82 Å². The standard InChI is InChI=1S/C19H22ClFN2O4/c1-25-9-10-27-18-6-4-14(21)12-16(18)23-19(24)7-8-22-15-11-13(20)3-5-17(15)26-2/h3-6,11-12,22H,7-10H2,1-2H3,(H,23,24). The fourth-order valence-corrected chi connectivity index (χ4v) is 2.47. The maximum absolute atomic E-state index is 13.5. The lowest BCUT2D eigenvalue weighted by atomic mass is 10.2. The minimum absolute atomic E-state index is 0.156. The van der Waals surface area contributed by atoms with Gasteiger partial charge in [-0.05, 0) is 30.3 Å². The molecule has 2 aromatic carbocycles. The van der Waals surface area contributed by atoms with Gasteiger partial charge >= 0.3 is 0 Å². The van der Waals surface area contributed by atoms with Crippen molar-refractivity contribution in [3.63, 3.8) is 0 Å². The summed E-state index contributed by atoms with van der Waals surface area (Å²) in [6.07, 6.45) is 0.156. The molecule has 0 aliphatic heterocycles. The fraction of sp³-hybridized carbons (Fsp3) is 0.316. The topological polar surface area (TPSA) is 68.8 Å². The maximum Gasteiger partial charge on any atom is 0.226 e. The highest BCUT2D eigenvalue weighted by Gasteiger charge is 2.10. The number of carbonyl (C=O) groups is 1. The number of hydrogen-bond donors (Lipinski definition) is 2. The van der Waals surface area contributed by atoms with E-state index in [1.807, 2.05) is 0 Å². The van der Waals surface area contributed by atoms with E-state index in [1.54, 1.807) is 32.4 Å². The van der Waals surface area contributed by atoms with Gasteiger partial charge in [0.05, 0.1) is 25.1 Å². The lowest BCUT2D eigenvalue weighted by Crippen LogP contribution is -2.17. The summed E-state index contributed by atoms with van der Waals surface area (Å²) in [4.78, 5) is 12.2. The molecule has 1 amide bonds. The maximum atomic E-state index is 13.5. The molecule has 2 N–H and O–H groups in total. The van der Waals surface area contributed by atoms with Crippen LogP contribution in [-0.4, -0.2) is 39.9 Å². The normalized spacial score (nSPS) is 10.4. The summed E-state index contributed by atoms with van der Waals surface area (Å²) in [5.74, 6) is 0.252. The molecular formula is C19H22ClFN2O4. The predicted molar refractivity (Wildman–Crippen MR) is 104 cm³/mol. The van der Waals surface area contributed by atoms with Gasteiger partial charge in [-0.2, -0.15) is 0 Å². The molecule has 0 saturated carbocycles. The van der Waals surface area contributed by atoms with Crippen LogP contribution in [0.2, 0.25) is 5.02 Å². The minimum Gasteiger partial charge on any atom is -0.495 e. The summed E-state index contributed by atoms with van der Waals surface area (Å²) in [5.41, 5.74) is 0.962. The first kappa shape index (κ1) is 20.8. The average molecular weight is 397 g/mol. The van der Waals surface area contributed by atoms with E-state index in [2.05, 4.69) is 10.6 Å². The van der Waals surface area contributed by atoms with Crippen LogP contribution >= 0.6 is 11.6 Å². The van der Waals surface area contributed by atoms with Crippen LogP contribution in [0.4, 0.5) is 15.8 Å². The average Bonchev–Trinajstić information content (AvgIpc) is 2.64. The number of ether oxygens (including phenoxy) is 3. The van der Waals surface area contributed by atoms with Gasteiger partial charge < -0.3 is 24.8 Å². The molecule has 6 nitrogen and oxygen atoms in total. The van der Waals surface area contributed by atoms with Gasteiger partial charge in [-0.1, -0.05) is 11.6 Å². The van der Waals surface area contributed by atoms with E-state index in [0.29, 0.717) is 42.0 Å². The molecule has 0 fully saturated rings. The Bertz CT molecular complexity index is 773. The molecule has 2 rings (SSSR count). The van der Waals surface area contributed by atoms with Gasteiger partial charge in [0, 0.05) is 31.2 Å². The zero-order chi connectivity index (χ0) is 19.6. The quantitative estimate of drug-likeness (QED) is 0.595. The molecule has 8 heteroatoms. The number of amides is 1. The first-order valence-electron chi connectivity index (χ1n) is 8.32. The summed E-state index contributed by atoms with van der Waals surface area (Å²) in [7, 11) is 3.11. The highest BCUT2D eigenvalue weighted by Crippen LogP contribution is 2.28. The number of halogens is 2. The summed E-state index contributed by atoms with van der Waals surface area (Å²) in [6.45, 7) is 1.02. The third-order valence-corrected chi connectivity index (χ3v) is 3.82. The van der Waals surface area contributed by atoms with Crippen molar-refractivity contribution in [2.24, 2.45) is 0 Å². The first-order valence-corrected chi connectivity index (χ1v) is 8.70. The molecule has 2 aromatic rings. The molecule has 0 atom stereocenters. The SMILES string of the molecule is COCCOc1ccc(F)cc1NC(=O)CCNc1cc(Cl)ccc1OC. The van der Waals surface area contributed by atoms with Crippen LogP contribution in [0.5, 0.6) is 11.5 Å². The van der Waals surface area contributed by atoms with E-state index in [4.69, 9.17) is 25.8 Å². The lowest BCUT2D eigenvalue weighted by Gasteiger charge is -2.14. The smallest absolute Gasteiger partial charge is 0.226 e. The van der Waals surface area contributed by atoms with Crippen LogP contribution in [0.25, 0.3) is 0 Å². The summed E-state index contributed by atoms with van der Waals surface area (Å²) < 4.78 is 29.2. The van der Waals surface area contributed by atoms with Crippen LogP contribution in [0.3, 0.4) is 0 Å². The third-order valence-electron chi connectivity index (χ3n) is 3.59. The van der Waals surface area contributed by atoms with Crippen molar-refractivity contribution in [1.82, 2.24) is 0 Å². The Balaban J connectivity index is 1.92. The van der Waals surface area contributed by atoms with Crippen molar-refractivity contribution in [3.8, 4) is 11.5 Å². The summed E-state index contributed by atoms with van der Waals surface area (Å²) in [5, 5.41) is 6.32. The molecule has 0 spiro atoms. The van der Waals surface area contributed by atoms with E-state index < -0.39 is 5.82 Å². The Morgan fingerprint density at radius 2 is 1.85 bits per heavy atom. The Morgan fingerprint density at radius 3 is 2.59 bits per heavy atom. The molecule has 0 bridgehead atoms. The number of hydrogen-bond acceptors (Lipinski definition) is 5. The third kappa shape index (κ3) is 6.62. The van der Waals surface area contributed by atoms with Crippen molar-refractivity contribution in [2.75, 3.05) is 44.6 Å². The number of benzene rings is 2. The first-order chi connectivity index (χ1) is 13.0. The summed E-state index contributed by atoms with van der Waals surface area (Å²) >= 11 is 5.97. The second kappa shape index (κ2) is 10.6. The number of anilines is 2.